The van der Waals surface area contributed by atoms with E-state index in [2.05, 4.69) is 27.6 Å². The van der Waals surface area contributed by atoms with E-state index in [1.165, 1.54) is 25.7 Å². The lowest BCUT2D eigenvalue weighted by Crippen LogP contribution is -2.43. The summed E-state index contributed by atoms with van der Waals surface area (Å²) in [5.41, 5.74) is 0. The van der Waals surface area contributed by atoms with E-state index in [0.29, 0.717) is 0 Å². The fourth-order valence-corrected chi connectivity index (χ4v) is 2.86. The van der Waals surface area contributed by atoms with Gasteiger partial charge in [0.1, 0.15) is 5.76 Å². The van der Waals surface area contributed by atoms with Crippen LogP contribution in [0.4, 0.5) is 0 Å². The number of hydrogen-bond acceptors (Lipinski definition) is 3. The maximum atomic E-state index is 5.31. The number of aliphatic imine (C=N–C) groups is 1. The quantitative estimate of drug-likeness (QED) is 0.595. The molecule has 0 aliphatic heterocycles. The molecule has 5 heteroatoms. The summed E-state index contributed by atoms with van der Waals surface area (Å²) in [4.78, 5) is 6.71. The van der Waals surface area contributed by atoms with Crippen LogP contribution in [0.25, 0.3) is 0 Å². The van der Waals surface area contributed by atoms with Gasteiger partial charge in [0.15, 0.2) is 5.96 Å². The van der Waals surface area contributed by atoms with Gasteiger partial charge >= 0.3 is 0 Å². The molecule has 0 amide bonds. The molecule has 0 spiro atoms. The van der Waals surface area contributed by atoms with Crippen molar-refractivity contribution in [2.45, 2.75) is 38.1 Å². The van der Waals surface area contributed by atoms with Crippen molar-refractivity contribution in [1.82, 2.24) is 15.5 Å². The summed E-state index contributed by atoms with van der Waals surface area (Å²) in [6.07, 6.45) is 8.06. The second-order valence-electron chi connectivity index (χ2n) is 5.67. The van der Waals surface area contributed by atoms with Crippen LogP contribution in [-0.4, -0.2) is 50.6 Å². The maximum absolute atomic E-state index is 5.31. The van der Waals surface area contributed by atoms with Crippen molar-refractivity contribution in [3.63, 3.8) is 0 Å². The summed E-state index contributed by atoms with van der Waals surface area (Å²) < 4.78 is 5.31. The van der Waals surface area contributed by atoms with Gasteiger partial charge in [0, 0.05) is 39.1 Å². The summed E-state index contributed by atoms with van der Waals surface area (Å²) in [7, 11) is 4.04. The average Bonchev–Trinajstić information content (AvgIpc) is 3.18. The predicted octanol–water partition coefficient (Wildman–Crippen LogP) is 1.86. The number of nitrogens with zero attached hydrogens (tertiary/aromatic N) is 2. The van der Waals surface area contributed by atoms with Gasteiger partial charge in [-0.3, -0.25) is 4.99 Å². The fraction of sp³-hybridized carbons (Fsp3) is 0.688. The largest absolute Gasteiger partial charge is 0.469 e. The van der Waals surface area contributed by atoms with E-state index in [1.807, 2.05) is 19.2 Å². The molecule has 0 aromatic carbocycles. The van der Waals surface area contributed by atoms with Crippen LogP contribution in [0.15, 0.2) is 27.8 Å². The maximum Gasteiger partial charge on any atom is 0.191 e. The van der Waals surface area contributed by atoms with E-state index in [-0.39, 0.29) is 0 Å². The molecular weight excluding hydrogens is 264 g/mol. The number of hydrogen-bond donors (Lipinski definition) is 2. The minimum Gasteiger partial charge on any atom is -0.469 e. The summed E-state index contributed by atoms with van der Waals surface area (Å²) >= 11 is 0. The lowest BCUT2D eigenvalue weighted by molar-refractivity contribution is 0.249. The van der Waals surface area contributed by atoms with Gasteiger partial charge in [0.2, 0.25) is 0 Å². The minimum absolute atomic E-state index is 0.778. The van der Waals surface area contributed by atoms with Crippen LogP contribution >= 0.6 is 0 Å². The molecule has 5 nitrogen and oxygen atoms in total. The fourth-order valence-electron chi connectivity index (χ4n) is 2.86. The second-order valence-corrected chi connectivity index (χ2v) is 5.67. The molecule has 118 valence electrons. The number of guanidine groups is 1. The van der Waals surface area contributed by atoms with E-state index in [1.54, 1.807) is 6.26 Å². The third-order valence-electron chi connectivity index (χ3n) is 4.17. The highest BCUT2D eigenvalue weighted by Gasteiger charge is 2.18. The van der Waals surface area contributed by atoms with Gasteiger partial charge in [-0.25, -0.2) is 0 Å². The third-order valence-corrected chi connectivity index (χ3v) is 4.17. The zero-order valence-electron chi connectivity index (χ0n) is 13.3. The summed E-state index contributed by atoms with van der Waals surface area (Å²) in [5, 5.41) is 6.68. The predicted molar refractivity (Wildman–Crippen MR) is 86.7 cm³/mol. The molecule has 0 unspecified atom stereocenters. The molecular formula is C16H28N4O. The molecule has 1 aliphatic carbocycles. The van der Waals surface area contributed by atoms with Crippen molar-refractivity contribution in [1.29, 1.82) is 0 Å². The average molecular weight is 292 g/mol. The molecule has 0 saturated heterocycles. The molecule has 21 heavy (non-hydrogen) atoms. The summed E-state index contributed by atoms with van der Waals surface area (Å²) in [6.45, 7) is 2.81. The molecule has 0 atom stereocenters. The van der Waals surface area contributed by atoms with Crippen molar-refractivity contribution in [2.24, 2.45) is 4.99 Å². The Morgan fingerprint density at radius 1 is 1.33 bits per heavy atom. The lowest BCUT2D eigenvalue weighted by Gasteiger charge is -2.24. The Bertz CT molecular complexity index is 410. The van der Waals surface area contributed by atoms with Crippen molar-refractivity contribution >= 4 is 5.96 Å². The first-order valence-corrected chi connectivity index (χ1v) is 7.96. The number of furan rings is 1. The van der Waals surface area contributed by atoms with Gasteiger partial charge in [-0.15, -0.1) is 0 Å². The van der Waals surface area contributed by atoms with E-state index in [4.69, 9.17) is 4.42 Å². The highest BCUT2D eigenvalue weighted by Crippen LogP contribution is 2.21. The summed E-state index contributed by atoms with van der Waals surface area (Å²) in [6, 6.07) is 4.69. The first-order chi connectivity index (χ1) is 10.3. The van der Waals surface area contributed by atoms with Crippen LogP contribution in [0.2, 0.25) is 0 Å². The van der Waals surface area contributed by atoms with Gasteiger partial charge in [0.25, 0.3) is 0 Å². The molecule has 1 aliphatic rings. The third kappa shape index (κ3) is 5.42. The smallest absolute Gasteiger partial charge is 0.191 e. The van der Waals surface area contributed by atoms with E-state index in [9.17, 15) is 0 Å². The van der Waals surface area contributed by atoms with E-state index >= 15 is 0 Å². The van der Waals surface area contributed by atoms with Crippen LogP contribution in [0.1, 0.15) is 31.4 Å². The topological polar surface area (TPSA) is 52.8 Å². The van der Waals surface area contributed by atoms with Gasteiger partial charge in [-0.2, -0.15) is 0 Å². The normalized spacial score (nSPS) is 16.6. The Labute approximate surface area is 127 Å². The molecule has 2 N–H and O–H groups in total. The molecule has 0 bridgehead atoms. The Kier molecular flexibility index (Phi) is 6.60. The standard InChI is InChI=1S/C16H28N4O/c1-17-16(18-10-9-15-8-5-13-21-15)19-11-12-20(2)14-6-3-4-7-14/h5,8,13-14H,3-4,6-7,9-12H2,1-2H3,(H2,17,18,19). The van der Waals surface area contributed by atoms with Crippen molar-refractivity contribution in [3.05, 3.63) is 24.2 Å². The Morgan fingerprint density at radius 3 is 2.76 bits per heavy atom. The van der Waals surface area contributed by atoms with Crippen LogP contribution in [0, 0.1) is 0 Å². The van der Waals surface area contributed by atoms with Crippen molar-refractivity contribution < 1.29 is 4.42 Å². The second kappa shape index (κ2) is 8.72. The zero-order valence-corrected chi connectivity index (χ0v) is 13.3. The zero-order chi connectivity index (χ0) is 14.9. The number of rotatable bonds is 7. The minimum atomic E-state index is 0.778. The summed E-state index contributed by atoms with van der Waals surface area (Å²) in [5.74, 6) is 1.86. The first-order valence-electron chi connectivity index (χ1n) is 7.96. The molecule has 0 radical (unpaired) electrons. The SMILES string of the molecule is CN=C(NCCc1ccco1)NCCN(C)C1CCCC1. The highest BCUT2D eigenvalue weighted by atomic mass is 16.3. The molecule has 1 aromatic rings. The van der Waals surface area contributed by atoms with Crippen molar-refractivity contribution in [3.8, 4) is 0 Å². The van der Waals surface area contributed by atoms with Crippen LogP contribution in [0.3, 0.4) is 0 Å². The molecule has 2 rings (SSSR count). The number of nitrogens with one attached hydrogen (secondary N) is 2. The van der Waals surface area contributed by atoms with E-state index in [0.717, 1.165) is 43.8 Å². The van der Waals surface area contributed by atoms with Crippen LogP contribution in [0.5, 0.6) is 0 Å². The van der Waals surface area contributed by atoms with Crippen molar-refractivity contribution in [2.75, 3.05) is 33.7 Å². The Hall–Kier alpha value is -1.49. The van der Waals surface area contributed by atoms with Gasteiger partial charge in [-0.1, -0.05) is 12.8 Å². The van der Waals surface area contributed by atoms with Gasteiger partial charge < -0.3 is 20.0 Å². The Balaban J connectivity index is 1.58. The highest BCUT2D eigenvalue weighted by molar-refractivity contribution is 5.79. The number of likely N-dealkylation sites (N-methyl/N-ethyl adjacent to an activating group) is 1. The van der Waals surface area contributed by atoms with E-state index < -0.39 is 0 Å². The molecule has 1 saturated carbocycles. The van der Waals surface area contributed by atoms with Crippen LogP contribution in [-0.2, 0) is 6.42 Å². The monoisotopic (exact) mass is 292 g/mol. The first kappa shape index (κ1) is 15.9. The Morgan fingerprint density at radius 2 is 2.10 bits per heavy atom. The molecule has 1 fully saturated rings. The lowest BCUT2D eigenvalue weighted by atomic mass is 10.2. The molecule has 1 heterocycles. The van der Waals surface area contributed by atoms with Crippen LogP contribution < -0.4 is 10.6 Å². The van der Waals surface area contributed by atoms with Gasteiger partial charge in [0.05, 0.1) is 6.26 Å². The van der Waals surface area contributed by atoms with Gasteiger partial charge in [-0.05, 0) is 32.0 Å². The molecule has 1 aromatic heterocycles.